The van der Waals surface area contributed by atoms with Crippen LogP contribution in [0.5, 0.6) is 11.5 Å². The van der Waals surface area contributed by atoms with E-state index in [1.54, 1.807) is 36.4 Å². The molecule has 0 aliphatic heterocycles. The van der Waals surface area contributed by atoms with E-state index in [0.29, 0.717) is 38.2 Å². The highest BCUT2D eigenvalue weighted by atomic mass is 79.9. The summed E-state index contributed by atoms with van der Waals surface area (Å²) in [6.45, 7) is 2.39. The van der Waals surface area contributed by atoms with Gasteiger partial charge >= 0.3 is 0 Å². The van der Waals surface area contributed by atoms with E-state index < -0.39 is 11.8 Å². The summed E-state index contributed by atoms with van der Waals surface area (Å²) in [7, 11) is 1.53. The molecule has 0 atom stereocenters. The average Bonchev–Trinajstić information content (AvgIpc) is 2.67. The lowest BCUT2D eigenvalue weighted by molar-refractivity contribution is 0.0934. The lowest BCUT2D eigenvalue weighted by atomic mass is 10.2. The van der Waals surface area contributed by atoms with Crippen molar-refractivity contribution in [2.75, 3.05) is 13.7 Å². The number of hydrazine groups is 1. The molecule has 0 unspecified atom stereocenters. The summed E-state index contributed by atoms with van der Waals surface area (Å²) in [5, 5.41) is 2.44. The van der Waals surface area contributed by atoms with Crippen LogP contribution in [-0.4, -0.2) is 30.6 Å². The molecule has 2 rings (SSSR count). The Kier molecular flexibility index (Phi) is 8.21. The lowest BCUT2D eigenvalue weighted by Crippen LogP contribution is -2.48. The fraction of sp³-hybridized carbons (Fsp3) is 0.167. The molecule has 2 amide bonds. The standard InChI is InChI=1S/C18H17Br2N3O4S/c1-3-27-15-7-5-10(8-13(15)20)16(24)21-18(28)23-22-17(25)11-4-6-14(26-2)12(19)9-11/h4-9H,3H2,1-2H3,(H,22,25)(H2,21,23,24,28). The molecule has 2 aromatic rings. The summed E-state index contributed by atoms with van der Waals surface area (Å²) in [6.07, 6.45) is 0. The molecule has 0 saturated carbocycles. The van der Waals surface area contributed by atoms with Crippen molar-refractivity contribution >= 4 is 61.0 Å². The van der Waals surface area contributed by atoms with Crippen molar-refractivity contribution in [2.24, 2.45) is 0 Å². The first-order valence-corrected chi connectivity index (χ1v) is 10.0. The molecule has 0 aliphatic rings. The normalized spacial score (nSPS) is 10.0. The van der Waals surface area contributed by atoms with Crippen molar-refractivity contribution in [1.82, 2.24) is 16.2 Å². The smallest absolute Gasteiger partial charge is 0.269 e. The maximum Gasteiger partial charge on any atom is 0.269 e. The number of carbonyl (C=O) groups excluding carboxylic acids is 2. The van der Waals surface area contributed by atoms with E-state index in [-0.39, 0.29) is 5.11 Å². The molecule has 0 heterocycles. The Morgan fingerprint density at radius 1 is 0.964 bits per heavy atom. The zero-order chi connectivity index (χ0) is 20.7. The van der Waals surface area contributed by atoms with Gasteiger partial charge in [0.25, 0.3) is 11.8 Å². The van der Waals surface area contributed by atoms with Crippen LogP contribution in [-0.2, 0) is 0 Å². The fourth-order valence-corrected chi connectivity index (χ4v) is 3.29. The highest BCUT2D eigenvalue weighted by Gasteiger charge is 2.12. The molecule has 7 nitrogen and oxygen atoms in total. The quantitative estimate of drug-likeness (QED) is 0.404. The summed E-state index contributed by atoms with van der Waals surface area (Å²) >= 11 is 11.7. The largest absolute Gasteiger partial charge is 0.496 e. The third kappa shape index (κ3) is 5.91. The predicted molar refractivity (Wildman–Crippen MR) is 117 cm³/mol. The van der Waals surface area contributed by atoms with Gasteiger partial charge in [-0.2, -0.15) is 0 Å². The number of hydrogen-bond acceptors (Lipinski definition) is 5. The SMILES string of the molecule is CCOc1ccc(C(=O)NC(=S)NNC(=O)c2ccc(OC)c(Br)c2)cc1Br. The van der Waals surface area contributed by atoms with Gasteiger partial charge in [0.05, 0.1) is 22.7 Å². The van der Waals surface area contributed by atoms with Crippen LogP contribution in [0.25, 0.3) is 0 Å². The highest BCUT2D eigenvalue weighted by molar-refractivity contribution is 9.10. The summed E-state index contributed by atoms with van der Waals surface area (Å²) in [6, 6.07) is 9.78. The van der Waals surface area contributed by atoms with E-state index in [1.165, 1.54) is 7.11 Å². The molecular formula is C18H17Br2N3O4S. The minimum absolute atomic E-state index is 0.0454. The number of benzene rings is 2. The van der Waals surface area contributed by atoms with E-state index in [1.807, 2.05) is 6.92 Å². The van der Waals surface area contributed by atoms with Crippen LogP contribution in [0, 0.1) is 0 Å². The second-order valence-corrected chi connectivity index (χ2v) is 7.41. The third-order valence-corrected chi connectivity index (χ3v) is 4.87. The molecule has 10 heteroatoms. The second-order valence-electron chi connectivity index (χ2n) is 5.29. The van der Waals surface area contributed by atoms with Crippen molar-refractivity contribution in [3.8, 4) is 11.5 Å². The van der Waals surface area contributed by atoms with Gasteiger partial charge in [-0.1, -0.05) is 0 Å². The molecule has 148 valence electrons. The van der Waals surface area contributed by atoms with Gasteiger partial charge in [-0.25, -0.2) is 0 Å². The minimum atomic E-state index is -0.428. The van der Waals surface area contributed by atoms with Crippen molar-refractivity contribution in [1.29, 1.82) is 0 Å². The number of rotatable bonds is 5. The lowest BCUT2D eigenvalue weighted by Gasteiger charge is -2.12. The summed E-state index contributed by atoms with van der Waals surface area (Å²) < 4.78 is 11.8. The third-order valence-electron chi connectivity index (χ3n) is 3.42. The van der Waals surface area contributed by atoms with Gasteiger partial charge in [-0.15, -0.1) is 0 Å². The van der Waals surface area contributed by atoms with Crippen LogP contribution >= 0.6 is 44.1 Å². The van der Waals surface area contributed by atoms with Crippen LogP contribution in [0.15, 0.2) is 45.3 Å². The van der Waals surface area contributed by atoms with Gasteiger partial charge in [-0.3, -0.25) is 25.8 Å². The monoisotopic (exact) mass is 529 g/mol. The molecular weight excluding hydrogens is 514 g/mol. The minimum Gasteiger partial charge on any atom is -0.496 e. The van der Waals surface area contributed by atoms with Gasteiger partial charge in [0, 0.05) is 11.1 Å². The zero-order valence-corrected chi connectivity index (χ0v) is 19.0. The number of halogens is 2. The van der Waals surface area contributed by atoms with Gasteiger partial charge in [-0.05, 0) is 87.4 Å². The number of hydrogen-bond donors (Lipinski definition) is 3. The topological polar surface area (TPSA) is 88.7 Å². The maximum absolute atomic E-state index is 12.3. The first-order valence-electron chi connectivity index (χ1n) is 8.03. The predicted octanol–water partition coefficient (Wildman–Crippen LogP) is 3.57. The number of thiocarbonyl (C=S) groups is 1. The van der Waals surface area contributed by atoms with Crippen molar-refractivity contribution in [3.63, 3.8) is 0 Å². The molecule has 0 radical (unpaired) electrons. The number of ether oxygens (including phenoxy) is 2. The van der Waals surface area contributed by atoms with Gasteiger partial charge < -0.3 is 9.47 Å². The number of amides is 2. The van der Waals surface area contributed by atoms with Crippen molar-refractivity contribution < 1.29 is 19.1 Å². The number of nitrogens with one attached hydrogen (secondary N) is 3. The van der Waals surface area contributed by atoms with Crippen LogP contribution in [0.3, 0.4) is 0 Å². The zero-order valence-electron chi connectivity index (χ0n) is 15.0. The molecule has 3 N–H and O–H groups in total. The van der Waals surface area contributed by atoms with Crippen LogP contribution in [0.4, 0.5) is 0 Å². The molecule has 0 fully saturated rings. The van der Waals surface area contributed by atoms with Crippen molar-refractivity contribution in [3.05, 3.63) is 56.5 Å². The molecule has 0 bridgehead atoms. The maximum atomic E-state index is 12.3. The van der Waals surface area contributed by atoms with E-state index in [4.69, 9.17) is 21.7 Å². The highest BCUT2D eigenvalue weighted by Crippen LogP contribution is 2.26. The Hall–Kier alpha value is -2.17. The Labute approximate surface area is 184 Å². The summed E-state index contributed by atoms with van der Waals surface area (Å²) in [5.41, 5.74) is 5.67. The molecule has 0 saturated heterocycles. The Balaban J connectivity index is 1.91. The van der Waals surface area contributed by atoms with Crippen molar-refractivity contribution in [2.45, 2.75) is 6.92 Å². The van der Waals surface area contributed by atoms with Crippen LogP contribution in [0.1, 0.15) is 27.6 Å². The van der Waals surface area contributed by atoms with E-state index in [0.717, 1.165) is 0 Å². The molecule has 0 aromatic heterocycles. The first kappa shape index (κ1) is 22.1. The summed E-state index contributed by atoms with van der Waals surface area (Å²) in [5.74, 6) is 0.387. The second kappa shape index (κ2) is 10.4. The number of carbonyl (C=O) groups is 2. The molecule has 2 aromatic carbocycles. The van der Waals surface area contributed by atoms with Crippen LogP contribution < -0.4 is 25.6 Å². The number of methoxy groups -OCH3 is 1. The van der Waals surface area contributed by atoms with Gasteiger partial charge in [0.15, 0.2) is 5.11 Å². The first-order chi connectivity index (χ1) is 13.3. The van der Waals surface area contributed by atoms with Crippen LogP contribution in [0.2, 0.25) is 0 Å². The average molecular weight is 531 g/mol. The summed E-state index contributed by atoms with van der Waals surface area (Å²) in [4.78, 5) is 24.4. The van der Waals surface area contributed by atoms with Gasteiger partial charge in [0.2, 0.25) is 0 Å². The Morgan fingerprint density at radius 2 is 1.54 bits per heavy atom. The molecule has 0 aliphatic carbocycles. The van der Waals surface area contributed by atoms with E-state index in [2.05, 4.69) is 48.0 Å². The molecule has 28 heavy (non-hydrogen) atoms. The van der Waals surface area contributed by atoms with Gasteiger partial charge in [0.1, 0.15) is 11.5 Å². The van der Waals surface area contributed by atoms with E-state index in [9.17, 15) is 9.59 Å². The Morgan fingerprint density at radius 3 is 2.07 bits per heavy atom. The fourth-order valence-electron chi connectivity index (χ4n) is 2.11. The molecule has 0 spiro atoms. The Bertz CT molecular complexity index is 908. The van der Waals surface area contributed by atoms with E-state index >= 15 is 0 Å².